The number of nitrogens with zero attached hydrogens (tertiary/aromatic N) is 1. The second kappa shape index (κ2) is 3.64. The summed E-state index contributed by atoms with van der Waals surface area (Å²) in [5.74, 6) is 0. The Balaban J connectivity index is 2.72. The molecule has 1 aromatic rings. The van der Waals surface area contributed by atoms with Crippen molar-refractivity contribution in [3.8, 4) is 6.07 Å². The van der Waals surface area contributed by atoms with E-state index in [9.17, 15) is 0 Å². The number of rotatable bonds is 2. The van der Waals surface area contributed by atoms with Crippen LogP contribution in [0.2, 0.25) is 0 Å². The molecule has 0 heterocycles. The smallest absolute Gasteiger partial charge is 0.101 e. The summed E-state index contributed by atoms with van der Waals surface area (Å²) in [4.78, 5) is 0. The molecule has 0 saturated carbocycles. The molecule has 0 aromatic heterocycles. The monoisotopic (exact) mass is 177 g/mol. The fraction of sp³-hybridized carbons (Fsp3) is 0.300. The number of nitriles is 1. The average molecular weight is 177 g/mol. The van der Waals surface area contributed by atoms with Gasteiger partial charge in [-0.25, -0.2) is 0 Å². The molecule has 0 aliphatic heterocycles. The van der Waals surface area contributed by atoms with E-state index in [1.54, 1.807) is 0 Å². The molecule has 1 unspecified atom stereocenters. The summed E-state index contributed by atoms with van der Waals surface area (Å²) in [6, 6.07) is 12.1. The largest absolute Gasteiger partial charge is 0.197 e. The van der Waals surface area contributed by atoms with E-state index in [4.69, 9.17) is 5.26 Å². The van der Waals surface area contributed by atoms with E-state index in [1.165, 1.54) is 0 Å². The van der Waals surface area contributed by atoms with Crippen molar-refractivity contribution in [3.63, 3.8) is 0 Å². The normalized spacial score (nSPS) is 14.8. The second-order valence-corrected chi connectivity index (χ2v) is 4.04. The molecule has 0 radical (unpaired) electrons. The van der Waals surface area contributed by atoms with Gasteiger partial charge in [0.1, 0.15) is 4.75 Å². The summed E-state index contributed by atoms with van der Waals surface area (Å²) in [5.41, 5.74) is 1.15. The van der Waals surface area contributed by atoms with E-state index in [1.807, 2.05) is 37.3 Å². The van der Waals surface area contributed by atoms with Crippen LogP contribution in [0.4, 0.5) is 0 Å². The molecule has 62 valence electrons. The van der Waals surface area contributed by atoms with Crippen LogP contribution in [0, 0.1) is 11.3 Å². The zero-order valence-corrected chi connectivity index (χ0v) is 7.88. The zero-order chi connectivity index (χ0) is 9.03. The minimum absolute atomic E-state index is 0.554. The lowest BCUT2D eigenvalue weighted by atomic mass is 10.0. The first kappa shape index (κ1) is 9.15. The van der Waals surface area contributed by atoms with Gasteiger partial charge in [0, 0.05) is 0 Å². The molecule has 0 aliphatic rings. The number of hydrogen-bond donors (Lipinski definition) is 1. The molecule has 0 amide bonds. The molecule has 0 spiro atoms. The third-order valence-corrected chi connectivity index (χ3v) is 1.89. The topological polar surface area (TPSA) is 23.8 Å². The van der Waals surface area contributed by atoms with Gasteiger partial charge in [-0.3, -0.25) is 0 Å². The standard InChI is InChI=1S/C10H11NS/c1-10(12,8-11)7-9-5-3-2-4-6-9/h2-6,12H,7H2,1H3. The van der Waals surface area contributed by atoms with Gasteiger partial charge in [0.15, 0.2) is 0 Å². The maximum absolute atomic E-state index is 8.73. The van der Waals surface area contributed by atoms with E-state index in [0.717, 1.165) is 5.56 Å². The second-order valence-electron chi connectivity index (χ2n) is 3.05. The van der Waals surface area contributed by atoms with Crippen LogP contribution in [-0.2, 0) is 6.42 Å². The molecule has 0 fully saturated rings. The van der Waals surface area contributed by atoms with Crippen LogP contribution in [0.5, 0.6) is 0 Å². The van der Waals surface area contributed by atoms with Gasteiger partial charge >= 0.3 is 0 Å². The molecule has 0 aliphatic carbocycles. The van der Waals surface area contributed by atoms with Crippen LogP contribution in [0.3, 0.4) is 0 Å². The Morgan fingerprint density at radius 2 is 2.00 bits per heavy atom. The lowest BCUT2D eigenvalue weighted by Gasteiger charge is -2.13. The Morgan fingerprint density at radius 1 is 1.42 bits per heavy atom. The van der Waals surface area contributed by atoms with Crippen molar-refractivity contribution in [2.24, 2.45) is 0 Å². The van der Waals surface area contributed by atoms with Gasteiger partial charge in [0.25, 0.3) is 0 Å². The molecule has 1 aromatic carbocycles. The van der Waals surface area contributed by atoms with Crippen molar-refractivity contribution in [1.29, 1.82) is 5.26 Å². The van der Waals surface area contributed by atoms with Gasteiger partial charge in [-0.05, 0) is 18.9 Å². The Kier molecular flexibility index (Phi) is 2.78. The highest BCUT2D eigenvalue weighted by Crippen LogP contribution is 2.18. The van der Waals surface area contributed by atoms with Crippen molar-refractivity contribution in [2.45, 2.75) is 18.1 Å². The third-order valence-electron chi connectivity index (χ3n) is 1.63. The van der Waals surface area contributed by atoms with Crippen LogP contribution in [0.25, 0.3) is 0 Å². The van der Waals surface area contributed by atoms with E-state index in [0.29, 0.717) is 6.42 Å². The summed E-state index contributed by atoms with van der Waals surface area (Å²) >= 11 is 4.24. The Labute approximate surface area is 78.4 Å². The van der Waals surface area contributed by atoms with Crippen LogP contribution >= 0.6 is 12.6 Å². The van der Waals surface area contributed by atoms with Gasteiger partial charge < -0.3 is 0 Å². The minimum atomic E-state index is -0.554. The third kappa shape index (κ3) is 2.60. The van der Waals surface area contributed by atoms with Crippen molar-refractivity contribution in [2.75, 3.05) is 0 Å². The van der Waals surface area contributed by atoms with E-state index in [-0.39, 0.29) is 0 Å². The molecule has 1 rings (SSSR count). The highest BCUT2D eigenvalue weighted by Gasteiger charge is 2.17. The van der Waals surface area contributed by atoms with Gasteiger partial charge in [-0.2, -0.15) is 17.9 Å². The van der Waals surface area contributed by atoms with Crippen LogP contribution in [0.15, 0.2) is 30.3 Å². The van der Waals surface area contributed by atoms with Crippen molar-refractivity contribution in [3.05, 3.63) is 35.9 Å². The number of benzene rings is 1. The van der Waals surface area contributed by atoms with Crippen molar-refractivity contribution >= 4 is 12.6 Å². The van der Waals surface area contributed by atoms with Gasteiger partial charge in [-0.1, -0.05) is 30.3 Å². The van der Waals surface area contributed by atoms with E-state index >= 15 is 0 Å². The number of hydrogen-bond acceptors (Lipinski definition) is 2. The maximum Gasteiger partial charge on any atom is 0.101 e. The van der Waals surface area contributed by atoms with E-state index in [2.05, 4.69) is 18.7 Å². The zero-order valence-electron chi connectivity index (χ0n) is 6.99. The van der Waals surface area contributed by atoms with Crippen molar-refractivity contribution < 1.29 is 0 Å². The molecule has 12 heavy (non-hydrogen) atoms. The van der Waals surface area contributed by atoms with Crippen LogP contribution < -0.4 is 0 Å². The Bertz CT molecular complexity index is 284. The van der Waals surface area contributed by atoms with Crippen LogP contribution in [0.1, 0.15) is 12.5 Å². The molecule has 0 saturated heterocycles. The van der Waals surface area contributed by atoms with Crippen LogP contribution in [-0.4, -0.2) is 4.75 Å². The van der Waals surface area contributed by atoms with E-state index < -0.39 is 4.75 Å². The minimum Gasteiger partial charge on any atom is -0.197 e. The predicted molar refractivity (Wildman–Crippen MR) is 53.2 cm³/mol. The maximum atomic E-state index is 8.73. The molecule has 0 N–H and O–H groups in total. The quantitative estimate of drug-likeness (QED) is 0.689. The summed E-state index contributed by atoms with van der Waals surface area (Å²) in [7, 11) is 0. The summed E-state index contributed by atoms with van der Waals surface area (Å²) < 4.78 is -0.554. The van der Waals surface area contributed by atoms with Gasteiger partial charge in [-0.15, -0.1) is 0 Å². The first-order valence-corrected chi connectivity index (χ1v) is 4.26. The highest BCUT2D eigenvalue weighted by molar-refractivity contribution is 7.82. The predicted octanol–water partition coefficient (Wildman–Crippen LogP) is 2.44. The average Bonchev–Trinajstić information content (AvgIpc) is 2.06. The SMILES string of the molecule is CC(S)(C#N)Cc1ccccc1. The summed E-state index contributed by atoms with van der Waals surface area (Å²) in [5, 5.41) is 8.73. The molecular weight excluding hydrogens is 166 g/mol. The molecular formula is C10H11NS. The highest BCUT2D eigenvalue weighted by atomic mass is 32.1. The Hall–Kier alpha value is -0.940. The lowest BCUT2D eigenvalue weighted by Crippen LogP contribution is -2.16. The summed E-state index contributed by atoms with van der Waals surface area (Å²) in [6.07, 6.45) is 0.688. The lowest BCUT2D eigenvalue weighted by molar-refractivity contribution is 0.804. The molecule has 1 nitrogen and oxygen atoms in total. The summed E-state index contributed by atoms with van der Waals surface area (Å²) in [6.45, 7) is 1.82. The molecule has 0 bridgehead atoms. The fourth-order valence-electron chi connectivity index (χ4n) is 1.03. The van der Waals surface area contributed by atoms with Gasteiger partial charge in [0.2, 0.25) is 0 Å². The van der Waals surface area contributed by atoms with Gasteiger partial charge in [0.05, 0.1) is 6.07 Å². The first-order valence-electron chi connectivity index (χ1n) is 3.82. The number of thiol groups is 1. The Morgan fingerprint density at radius 3 is 2.50 bits per heavy atom. The molecule has 2 heteroatoms. The fourth-order valence-corrected chi connectivity index (χ4v) is 1.22. The first-order chi connectivity index (χ1) is 5.64. The molecule has 1 atom stereocenters. The van der Waals surface area contributed by atoms with Crippen molar-refractivity contribution in [1.82, 2.24) is 0 Å².